The Balaban J connectivity index is 1.74. The van der Waals surface area contributed by atoms with Crippen LogP contribution in [0.25, 0.3) is 0 Å². The average Bonchev–Trinajstić information content (AvgIpc) is 3.12. The first-order chi connectivity index (χ1) is 13.6. The molecule has 0 saturated heterocycles. The number of carbonyl (C=O) groups excluding carboxylic acids is 1. The van der Waals surface area contributed by atoms with Crippen molar-refractivity contribution in [2.24, 2.45) is 4.99 Å². The van der Waals surface area contributed by atoms with Crippen molar-refractivity contribution in [3.63, 3.8) is 0 Å². The van der Waals surface area contributed by atoms with Gasteiger partial charge in [0.2, 0.25) is 0 Å². The molecule has 0 spiro atoms. The summed E-state index contributed by atoms with van der Waals surface area (Å²) in [6, 6.07) is 7.72. The second-order valence-electron chi connectivity index (χ2n) is 6.56. The minimum Gasteiger partial charge on any atom is -0.357 e. The van der Waals surface area contributed by atoms with E-state index in [0.29, 0.717) is 5.56 Å². The van der Waals surface area contributed by atoms with E-state index in [0.717, 1.165) is 62.5 Å². The van der Waals surface area contributed by atoms with Gasteiger partial charge in [0.05, 0.1) is 5.01 Å². The first-order valence-corrected chi connectivity index (χ1v) is 10.7. The van der Waals surface area contributed by atoms with Crippen molar-refractivity contribution >= 4 is 23.2 Å². The van der Waals surface area contributed by atoms with Crippen molar-refractivity contribution in [1.29, 1.82) is 0 Å². The molecule has 0 aliphatic carbocycles. The highest BCUT2D eigenvalue weighted by atomic mass is 32.1. The quantitative estimate of drug-likeness (QED) is 0.325. The SMILES string of the molecule is CCNC(=NCCCCc1nc(C)cs1)NCCc1cccc(C(=O)NC)c1. The Morgan fingerprint density at radius 3 is 2.79 bits per heavy atom. The zero-order valence-corrected chi connectivity index (χ0v) is 17.9. The molecular formula is C21H31N5OS. The van der Waals surface area contributed by atoms with Crippen LogP contribution in [-0.2, 0) is 12.8 Å². The van der Waals surface area contributed by atoms with E-state index in [1.807, 2.05) is 31.2 Å². The first kappa shape index (κ1) is 21.9. The summed E-state index contributed by atoms with van der Waals surface area (Å²) in [5, 5.41) is 12.6. The average molecular weight is 402 g/mol. The molecular weight excluding hydrogens is 370 g/mol. The molecule has 0 fully saturated rings. The van der Waals surface area contributed by atoms with E-state index < -0.39 is 0 Å². The Labute approximate surface area is 171 Å². The van der Waals surface area contributed by atoms with E-state index in [2.05, 4.69) is 38.2 Å². The molecule has 1 amide bonds. The van der Waals surface area contributed by atoms with Gasteiger partial charge in [-0.2, -0.15) is 0 Å². The number of unbranched alkanes of at least 4 members (excludes halogenated alkanes) is 1. The van der Waals surface area contributed by atoms with Gasteiger partial charge in [0.1, 0.15) is 0 Å². The summed E-state index contributed by atoms with van der Waals surface area (Å²) in [6.07, 6.45) is 4.00. The Morgan fingerprint density at radius 2 is 2.07 bits per heavy atom. The van der Waals surface area contributed by atoms with E-state index in [-0.39, 0.29) is 5.91 Å². The molecule has 7 heteroatoms. The van der Waals surface area contributed by atoms with Crippen molar-refractivity contribution < 1.29 is 4.79 Å². The maximum atomic E-state index is 11.7. The van der Waals surface area contributed by atoms with Crippen molar-refractivity contribution in [3.05, 3.63) is 51.5 Å². The van der Waals surface area contributed by atoms with Crippen molar-refractivity contribution in [3.8, 4) is 0 Å². The van der Waals surface area contributed by atoms with Crippen LogP contribution in [0.2, 0.25) is 0 Å². The van der Waals surface area contributed by atoms with Crippen LogP contribution in [0.4, 0.5) is 0 Å². The first-order valence-electron chi connectivity index (χ1n) is 9.86. The summed E-state index contributed by atoms with van der Waals surface area (Å²) in [6.45, 7) is 6.49. The standard InChI is InChI=1S/C21H31N5OS/c1-4-23-21(24-12-6-5-10-19-26-16(2)15-28-19)25-13-11-17-8-7-9-18(14-17)20(27)22-3/h7-9,14-15H,4-6,10-13H2,1-3H3,(H,22,27)(H2,23,24,25). The zero-order valence-electron chi connectivity index (χ0n) is 17.0. The van der Waals surface area contributed by atoms with Gasteiger partial charge in [-0.15, -0.1) is 11.3 Å². The molecule has 0 saturated carbocycles. The number of carbonyl (C=O) groups is 1. The van der Waals surface area contributed by atoms with Crippen LogP contribution in [0.15, 0.2) is 34.6 Å². The highest BCUT2D eigenvalue weighted by Crippen LogP contribution is 2.11. The molecule has 0 aliphatic rings. The largest absolute Gasteiger partial charge is 0.357 e. The van der Waals surface area contributed by atoms with Gasteiger partial charge in [-0.25, -0.2) is 4.98 Å². The van der Waals surface area contributed by atoms with E-state index >= 15 is 0 Å². The number of aliphatic imine (C=N–C) groups is 1. The second kappa shape index (κ2) is 12.1. The Bertz CT molecular complexity index is 772. The predicted octanol–water partition coefficient (Wildman–Crippen LogP) is 2.93. The highest BCUT2D eigenvalue weighted by Gasteiger charge is 2.04. The minimum absolute atomic E-state index is 0.0578. The monoisotopic (exact) mass is 401 g/mol. The van der Waals surface area contributed by atoms with Gasteiger partial charge in [0, 0.05) is 43.3 Å². The van der Waals surface area contributed by atoms with E-state index in [1.54, 1.807) is 18.4 Å². The fraction of sp³-hybridized carbons (Fsp3) is 0.476. The molecule has 28 heavy (non-hydrogen) atoms. The molecule has 1 aromatic carbocycles. The van der Waals surface area contributed by atoms with Gasteiger partial charge >= 0.3 is 0 Å². The molecule has 2 aromatic rings. The number of nitrogens with one attached hydrogen (secondary N) is 3. The Morgan fingerprint density at radius 1 is 1.21 bits per heavy atom. The van der Waals surface area contributed by atoms with Crippen LogP contribution in [0.3, 0.4) is 0 Å². The molecule has 3 N–H and O–H groups in total. The van der Waals surface area contributed by atoms with E-state index in [4.69, 9.17) is 0 Å². The lowest BCUT2D eigenvalue weighted by Crippen LogP contribution is -2.38. The number of aryl methyl sites for hydroxylation is 2. The third kappa shape index (κ3) is 7.68. The molecule has 6 nitrogen and oxygen atoms in total. The van der Waals surface area contributed by atoms with Crippen molar-refractivity contribution in [1.82, 2.24) is 20.9 Å². The summed E-state index contributed by atoms with van der Waals surface area (Å²) in [5.74, 6) is 0.785. The minimum atomic E-state index is -0.0578. The second-order valence-corrected chi connectivity index (χ2v) is 7.50. The summed E-state index contributed by atoms with van der Waals surface area (Å²) < 4.78 is 0. The Hall–Kier alpha value is -2.41. The van der Waals surface area contributed by atoms with Gasteiger partial charge in [0.15, 0.2) is 5.96 Å². The molecule has 0 radical (unpaired) electrons. The van der Waals surface area contributed by atoms with Crippen LogP contribution in [0, 0.1) is 6.92 Å². The Kier molecular flexibility index (Phi) is 9.48. The molecule has 1 aromatic heterocycles. The van der Waals surface area contributed by atoms with Crippen LogP contribution >= 0.6 is 11.3 Å². The third-order valence-corrected chi connectivity index (χ3v) is 5.23. The zero-order chi connectivity index (χ0) is 20.2. The van der Waals surface area contributed by atoms with E-state index in [9.17, 15) is 4.79 Å². The maximum Gasteiger partial charge on any atom is 0.251 e. The molecule has 0 atom stereocenters. The van der Waals surface area contributed by atoms with Crippen molar-refractivity contribution in [2.75, 3.05) is 26.7 Å². The maximum absolute atomic E-state index is 11.7. The fourth-order valence-corrected chi connectivity index (χ4v) is 3.59. The number of amides is 1. The van der Waals surface area contributed by atoms with Crippen LogP contribution in [0.1, 0.15) is 46.4 Å². The number of hydrogen-bond donors (Lipinski definition) is 3. The van der Waals surface area contributed by atoms with Crippen LogP contribution < -0.4 is 16.0 Å². The number of hydrogen-bond acceptors (Lipinski definition) is 4. The lowest BCUT2D eigenvalue weighted by Gasteiger charge is -2.11. The topological polar surface area (TPSA) is 78.4 Å². The normalized spacial score (nSPS) is 11.3. The third-order valence-electron chi connectivity index (χ3n) is 4.20. The predicted molar refractivity (Wildman–Crippen MR) is 117 cm³/mol. The van der Waals surface area contributed by atoms with Gasteiger partial charge < -0.3 is 16.0 Å². The number of thiazole rings is 1. The van der Waals surface area contributed by atoms with Gasteiger partial charge in [-0.3, -0.25) is 9.79 Å². The highest BCUT2D eigenvalue weighted by molar-refractivity contribution is 7.09. The number of rotatable bonds is 10. The number of nitrogens with zero attached hydrogens (tertiary/aromatic N) is 2. The number of aromatic nitrogens is 1. The van der Waals surface area contributed by atoms with Gasteiger partial charge in [0.25, 0.3) is 5.91 Å². The lowest BCUT2D eigenvalue weighted by atomic mass is 10.1. The summed E-state index contributed by atoms with van der Waals surface area (Å²) in [5.41, 5.74) is 2.93. The number of benzene rings is 1. The molecule has 2 rings (SSSR count). The summed E-state index contributed by atoms with van der Waals surface area (Å²) >= 11 is 1.74. The van der Waals surface area contributed by atoms with Gasteiger partial charge in [-0.05, 0) is 57.2 Å². The summed E-state index contributed by atoms with van der Waals surface area (Å²) in [7, 11) is 1.65. The van der Waals surface area contributed by atoms with Crippen LogP contribution in [-0.4, -0.2) is 43.5 Å². The molecule has 0 unspecified atom stereocenters. The summed E-state index contributed by atoms with van der Waals surface area (Å²) in [4.78, 5) is 20.9. The fourth-order valence-electron chi connectivity index (χ4n) is 2.78. The molecule has 152 valence electrons. The van der Waals surface area contributed by atoms with Gasteiger partial charge in [-0.1, -0.05) is 12.1 Å². The van der Waals surface area contributed by atoms with Crippen LogP contribution in [0.5, 0.6) is 0 Å². The van der Waals surface area contributed by atoms with Crippen molar-refractivity contribution in [2.45, 2.75) is 39.5 Å². The molecule has 0 aliphatic heterocycles. The molecule has 0 bridgehead atoms. The smallest absolute Gasteiger partial charge is 0.251 e. The lowest BCUT2D eigenvalue weighted by molar-refractivity contribution is 0.0963. The number of guanidine groups is 1. The van der Waals surface area contributed by atoms with E-state index in [1.165, 1.54) is 5.01 Å². The molecule has 1 heterocycles.